The Hall–Kier alpha value is -1.87. The van der Waals surface area contributed by atoms with E-state index in [-0.39, 0.29) is 16.6 Å². The lowest BCUT2D eigenvalue weighted by atomic mass is 10.0. The standard InChI is InChI=1S/C20H19ClFN3O2S2/c1-13-16(21)8-4-10-18(13)29(26,27)25-11-5-6-14(12-25)19-23-24-20(28-19)15-7-2-3-9-17(15)22/h2-4,7-10,14H,5-6,11-12H2,1H3. The highest BCUT2D eigenvalue weighted by atomic mass is 35.5. The van der Waals surface area contributed by atoms with Crippen LogP contribution in [0.5, 0.6) is 0 Å². The summed E-state index contributed by atoms with van der Waals surface area (Å²) < 4.78 is 41.9. The first-order valence-electron chi connectivity index (χ1n) is 9.21. The van der Waals surface area contributed by atoms with Crippen LogP contribution < -0.4 is 0 Å². The van der Waals surface area contributed by atoms with Crippen LogP contribution in [0.2, 0.25) is 5.02 Å². The number of piperidine rings is 1. The van der Waals surface area contributed by atoms with Gasteiger partial charge >= 0.3 is 0 Å². The molecule has 0 spiro atoms. The summed E-state index contributed by atoms with van der Waals surface area (Å²) >= 11 is 7.44. The maximum Gasteiger partial charge on any atom is 0.243 e. The van der Waals surface area contributed by atoms with Gasteiger partial charge in [0.1, 0.15) is 10.8 Å². The molecule has 5 nitrogen and oxygen atoms in total. The van der Waals surface area contributed by atoms with Crippen molar-refractivity contribution < 1.29 is 12.8 Å². The molecule has 1 fully saturated rings. The van der Waals surface area contributed by atoms with Gasteiger partial charge in [0.2, 0.25) is 10.0 Å². The average molecular weight is 452 g/mol. The summed E-state index contributed by atoms with van der Waals surface area (Å²) in [6.45, 7) is 2.48. The number of benzene rings is 2. The van der Waals surface area contributed by atoms with Crippen LogP contribution in [0.15, 0.2) is 47.4 Å². The molecule has 1 aliphatic heterocycles. The first-order chi connectivity index (χ1) is 13.9. The summed E-state index contributed by atoms with van der Waals surface area (Å²) in [6.07, 6.45) is 1.53. The van der Waals surface area contributed by atoms with E-state index in [1.54, 1.807) is 43.3 Å². The molecule has 0 aliphatic carbocycles. The first kappa shape index (κ1) is 20.4. The predicted molar refractivity (Wildman–Crippen MR) is 112 cm³/mol. The number of hydrogen-bond donors (Lipinski definition) is 0. The van der Waals surface area contributed by atoms with E-state index in [0.717, 1.165) is 17.8 Å². The minimum absolute atomic E-state index is 0.0731. The molecule has 4 rings (SSSR count). The molecule has 0 saturated carbocycles. The van der Waals surface area contributed by atoms with Crippen molar-refractivity contribution in [2.75, 3.05) is 13.1 Å². The summed E-state index contributed by atoms with van der Waals surface area (Å²) in [7, 11) is -3.66. The monoisotopic (exact) mass is 451 g/mol. The van der Waals surface area contributed by atoms with Crippen molar-refractivity contribution in [2.45, 2.75) is 30.6 Å². The Morgan fingerprint density at radius 1 is 1.17 bits per heavy atom. The molecule has 0 radical (unpaired) electrons. The molecule has 9 heteroatoms. The fraction of sp³-hybridized carbons (Fsp3) is 0.300. The lowest BCUT2D eigenvalue weighted by Crippen LogP contribution is -2.39. The maximum atomic E-state index is 14.0. The average Bonchev–Trinajstić information content (AvgIpc) is 3.20. The fourth-order valence-electron chi connectivity index (χ4n) is 3.51. The number of halogens is 2. The van der Waals surface area contributed by atoms with Gasteiger partial charge in [-0.25, -0.2) is 12.8 Å². The normalized spacial score (nSPS) is 18.1. The summed E-state index contributed by atoms with van der Waals surface area (Å²) in [5.41, 5.74) is 0.958. The summed E-state index contributed by atoms with van der Waals surface area (Å²) in [5.74, 6) is -0.421. The Bertz CT molecular complexity index is 1150. The molecule has 152 valence electrons. The molecular formula is C20H19ClFN3O2S2. The summed E-state index contributed by atoms with van der Waals surface area (Å²) in [4.78, 5) is 0.231. The predicted octanol–water partition coefficient (Wildman–Crippen LogP) is 4.87. The Kier molecular flexibility index (Phi) is 5.70. The second-order valence-corrected chi connectivity index (χ2v) is 10.3. The van der Waals surface area contributed by atoms with Crippen LogP contribution >= 0.6 is 22.9 Å². The second-order valence-electron chi connectivity index (χ2n) is 6.99. The first-order valence-corrected chi connectivity index (χ1v) is 11.8. The Morgan fingerprint density at radius 2 is 1.97 bits per heavy atom. The van der Waals surface area contributed by atoms with Crippen LogP contribution in [0.25, 0.3) is 10.6 Å². The fourth-order valence-corrected chi connectivity index (χ4v) is 6.51. The molecule has 1 saturated heterocycles. The molecule has 1 atom stereocenters. The molecule has 2 aromatic carbocycles. The molecule has 1 unspecified atom stereocenters. The van der Waals surface area contributed by atoms with Crippen LogP contribution in [-0.2, 0) is 10.0 Å². The van der Waals surface area contributed by atoms with Crippen molar-refractivity contribution in [1.82, 2.24) is 14.5 Å². The van der Waals surface area contributed by atoms with Crippen molar-refractivity contribution in [2.24, 2.45) is 0 Å². The molecule has 1 aliphatic rings. The van der Waals surface area contributed by atoms with Gasteiger partial charge in [0.25, 0.3) is 0 Å². The van der Waals surface area contributed by atoms with E-state index in [2.05, 4.69) is 10.2 Å². The van der Waals surface area contributed by atoms with Gasteiger partial charge in [0.15, 0.2) is 5.01 Å². The topological polar surface area (TPSA) is 63.2 Å². The van der Waals surface area contributed by atoms with E-state index >= 15 is 0 Å². The Labute approximate surface area is 178 Å². The molecular weight excluding hydrogens is 433 g/mol. The zero-order valence-corrected chi connectivity index (χ0v) is 18.1. The lowest BCUT2D eigenvalue weighted by Gasteiger charge is -2.31. The molecule has 29 heavy (non-hydrogen) atoms. The molecule has 1 aromatic heterocycles. The summed E-state index contributed by atoms with van der Waals surface area (Å²) in [5, 5.41) is 10.0. The van der Waals surface area contributed by atoms with Gasteiger partial charge < -0.3 is 0 Å². The number of sulfonamides is 1. The van der Waals surface area contributed by atoms with Gasteiger partial charge in [0.05, 0.1) is 4.90 Å². The molecule has 2 heterocycles. The zero-order valence-electron chi connectivity index (χ0n) is 15.7. The third kappa shape index (κ3) is 3.94. The Morgan fingerprint density at radius 3 is 2.76 bits per heavy atom. The highest BCUT2D eigenvalue weighted by Gasteiger charge is 2.33. The van der Waals surface area contributed by atoms with Crippen LogP contribution in [-0.4, -0.2) is 36.0 Å². The van der Waals surface area contributed by atoms with Gasteiger partial charge in [-0.1, -0.05) is 41.1 Å². The summed E-state index contributed by atoms with van der Waals surface area (Å²) in [6, 6.07) is 11.3. The second kappa shape index (κ2) is 8.10. The zero-order chi connectivity index (χ0) is 20.6. The highest BCUT2D eigenvalue weighted by molar-refractivity contribution is 7.89. The minimum Gasteiger partial charge on any atom is -0.207 e. The van der Waals surface area contributed by atoms with Crippen molar-refractivity contribution in [1.29, 1.82) is 0 Å². The highest BCUT2D eigenvalue weighted by Crippen LogP contribution is 2.35. The van der Waals surface area contributed by atoms with E-state index in [4.69, 9.17) is 11.6 Å². The van der Waals surface area contributed by atoms with E-state index in [0.29, 0.717) is 34.2 Å². The molecule has 0 amide bonds. The van der Waals surface area contributed by atoms with Crippen molar-refractivity contribution in [3.05, 3.63) is 63.9 Å². The minimum atomic E-state index is -3.66. The smallest absolute Gasteiger partial charge is 0.207 e. The van der Waals surface area contributed by atoms with Gasteiger partial charge in [0, 0.05) is 29.6 Å². The van der Waals surface area contributed by atoms with Gasteiger partial charge in [-0.3, -0.25) is 0 Å². The van der Waals surface area contributed by atoms with Gasteiger partial charge in [-0.05, 0) is 49.6 Å². The van der Waals surface area contributed by atoms with Gasteiger partial charge in [-0.2, -0.15) is 4.31 Å². The van der Waals surface area contributed by atoms with Gasteiger partial charge in [-0.15, -0.1) is 10.2 Å². The molecule has 0 N–H and O–H groups in total. The number of rotatable bonds is 4. The number of nitrogens with zero attached hydrogens (tertiary/aromatic N) is 3. The third-order valence-electron chi connectivity index (χ3n) is 5.11. The lowest BCUT2D eigenvalue weighted by molar-refractivity contribution is 0.314. The SMILES string of the molecule is Cc1c(Cl)cccc1S(=O)(=O)N1CCCC(c2nnc(-c3ccccc3F)s2)C1. The van der Waals surface area contributed by atoms with E-state index in [1.807, 2.05) is 0 Å². The van der Waals surface area contributed by atoms with Crippen molar-refractivity contribution in [3.63, 3.8) is 0 Å². The quantitative estimate of drug-likeness (QED) is 0.567. The van der Waals surface area contributed by atoms with Crippen LogP contribution in [0, 0.1) is 12.7 Å². The number of aromatic nitrogens is 2. The van der Waals surface area contributed by atoms with E-state index in [1.165, 1.54) is 21.7 Å². The largest absolute Gasteiger partial charge is 0.243 e. The van der Waals surface area contributed by atoms with Crippen molar-refractivity contribution in [3.8, 4) is 10.6 Å². The van der Waals surface area contributed by atoms with E-state index in [9.17, 15) is 12.8 Å². The molecule has 3 aromatic rings. The van der Waals surface area contributed by atoms with Crippen molar-refractivity contribution >= 4 is 33.0 Å². The maximum absolute atomic E-state index is 14.0. The Balaban J connectivity index is 1.59. The van der Waals surface area contributed by atoms with E-state index < -0.39 is 10.0 Å². The number of hydrogen-bond acceptors (Lipinski definition) is 5. The third-order valence-corrected chi connectivity index (χ3v) is 8.65. The van der Waals surface area contributed by atoms with Crippen LogP contribution in [0.1, 0.15) is 29.3 Å². The molecule has 0 bridgehead atoms. The van der Waals surface area contributed by atoms with Crippen LogP contribution in [0.4, 0.5) is 4.39 Å². The van der Waals surface area contributed by atoms with Crippen LogP contribution in [0.3, 0.4) is 0 Å².